The van der Waals surface area contributed by atoms with Gasteiger partial charge in [0.2, 0.25) is 5.91 Å². The Morgan fingerprint density at radius 2 is 1.79 bits per heavy atom. The van der Waals surface area contributed by atoms with Gasteiger partial charge in [-0.2, -0.15) is 0 Å². The fourth-order valence-corrected chi connectivity index (χ4v) is 2.69. The highest BCUT2D eigenvalue weighted by atomic mass is 35.5. The van der Waals surface area contributed by atoms with Crippen molar-refractivity contribution in [3.63, 3.8) is 0 Å². The minimum atomic E-state index is -0.395. The highest BCUT2D eigenvalue weighted by Crippen LogP contribution is 2.21. The molecule has 0 bridgehead atoms. The zero-order valence-corrected chi connectivity index (χ0v) is 11.8. The van der Waals surface area contributed by atoms with Gasteiger partial charge in [-0.05, 0) is 25.0 Å². The van der Waals surface area contributed by atoms with Crippen molar-refractivity contribution in [1.82, 2.24) is 4.90 Å². The van der Waals surface area contributed by atoms with E-state index in [1.807, 2.05) is 4.90 Å². The van der Waals surface area contributed by atoms with Crippen LogP contribution in [0.1, 0.15) is 37.7 Å². The Kier molecular flexibility index (Phi) is 5.20. The average Bonchev–Trinajstić information content (AvgIpc) is 2.33. The summed E-state index contributed by atoms with van der Waals surface area (Å²) >= 11 is 5.96. The predicted molar refractivity (Wildman–Crippen MR) is 74.8 cm³/mol. The number of hydrogen-bond donors (Lipinski definition) is 0. The lowest BCUT2D eigenvalue weighted by Crippen LogP contribution is -2.35. The summed E-state index contributed by atoms with van der Waals surface area (Å²) in [5.41, 5.74) is 0.316. The largest absolute Gasteiger partial charge is 0.342 e. The molecule has 0 N–H and O–H groups in total. The molecule has 104 valence electrons. The number of carbonyl (C=O) groups is 1. The highest BCUT2D eigenvalue weighted by molar-refractivity contribution is 6.31. The Bertz CT molecular complexity index is 422. The van der Waals surface area contributed by atoms with Crippen LogP contribution in [0.4, 0.5) is 4.39 Å². The van der Waals surface area contributed by atoms with Crippen molar-refractivity contribution >= 4 is 17.5 Å². The lowest BCUT2D eigenvalue weighted by molar-refractivity contribution is -0.130. The summed E-state index contributed by atoms with van der Waals surface area (Å²) < 4.78 is 13.7. The molecular formula is C15H19ClFNO. The van der Waals surface area contributed by atoms with E-state index in [1.54, 1.807) is 12.1 Å². The molecule has 0 saturated carbocycles. The molecule has 1 fully saturated rings. The first-order valence-corrected chi connectivity index (χ1v) is 7.27. The van der Waals surface area contributed by atoms with Gasteiger partial charge in [0.25, 0.3) is 0 Å². The maximum absolute atomic E-state index is 13.7. The van der Waals surface area contributed by atoms with Crippen molar-refractivity contribution in [2.75, 3.05) is 13.1 Å². The number of carbonyl (C=O) groups excluding carboxylic acids is 1. The zero-order chi connectivity index (χ0) is 13.7. The van der Waals surface area contributed by atoms with Crippen molar-refractivity contribution in [2.24, 2.45) is 0 Å². The van der Waals surface area contributed by atoms with Crippen LogP contribution in [-0.2, 0) is 11.2 Å². The van der Waals surface area contributed by atoms with Crippen molar-refractivity contribution in [2.45, 2.75) is 38.5 Å². The summed E-state index contributed by atoms with van der Waals surface area (Å²) in [5, 5.41) is 0.334. The summed E-state index contributed by atoms with van der Waals surface area (Å²) in [7, 11) is 0. The highest BCUT2D eigenvalue weighted by Gasteiger charge is 2.18. The second-order valence-electron chi connectivity index (χ2n) is 5.03. The van der Waals surface area contributed by atoms with Gasteiger partial charge in [0.1, 0.15) is 5.82 Å². The number of amides is 1. The van der Waals surface area contributed by atoms with E-state index in [1.165, 1.54) is 25.3 Å². The van der Waals surface area contributed by atoms with Gasteiger partial charge in [-0.1, -0.05) is 36.9 Å². The molecule has 0 aliphatic carbocycles. The van der Waals surface area contributed by atoms with Crippen LogP contribution in [0, 0.1) is 5.82 Å². The van der Waals surface area contributed by atoms with Gasteiger partial charge >= 0.3 is 0 Å². The third kappa shape index (κ3) is 3.93. The van der Waals surface area contributed by atoms with Gasteiger partial charge in [-0.25, -0.2) is 4.39 Å². The Morgan fingerprint density at radius 1 is 1.16 bits per heavy atom. The molecule has 1 amide bonds. The minimum Gasteiger partial charge on any atom is -0.342 e. The van der Waals surface area contributed by atoms with Crippen LogP contribution >= 0.6 is 11.6 Å². The smallest absolute Gasteiger partial charge is 0.227 e. The van der Waals surface area contributed by atoms with E-state index >= 15 is 0 Å². The van der Waals surface area contributed by atoms with Crippen molar-refractivity contribution < 1.29 is 9.18 Å². The van der Waals surface area contributed by atoms with E-state index in [9.17, 15) is 9.18 Å². The Hall–Kier alpha value is -1.09. The third-order valence-corrected chi connectivity index (χ3v) is 3.95. The molecule has 1 heterocycles. The molecule has 2 rings (SSSR count). The topological polar surface area (TPSA) is 20.3 Å². The van der Waals surface area contributed by atoms with Gasteiger partial charge in [0.05, 0.1) is 6.42 Å². The van der Waals surface area contributed by atoms with Gasteiger partial charge in [-0.3, -0.25) is 4.79 Å². The molecule has 0 spiro atoms. The molecule has 0 atom stereocenters. The lowest BCUT2D eigenvalue weighted by Gasteiger charge is -2.25. The summed E-state index contributed by atoms with van der Waals surface area (Å²) in [5.74, 6) is -0.415. The van der Waals surface area contributed by atoms with Crippen LogP contribution < -0.4 is 0 Å². The molecule has 1 aromatic carbocycles. The number of likely N-dealkylation sites (tertiary alicyclic amines) is 1. The molecule has 1 saturated heterocycles. The van der Waals surface area contributed by atoms with E-state index in [0.29, 0.717) is 10.6 Å². The van der Waals surface area contributed by atoms with Gasteiger partial charge in [0.15, 0.2) is 0 Å². The first-order chi connectivity index (χ1) is 9.18. The number of rotatable bonds is 2. The van der Waals surface area contributed by atoms with Crippen LogP contribution in [0.2, 0.25) is 5.02 Å². The number of hydrogen-bond acceptors (Lipinski definition) is 1. The van der Waals surface area contributed by atoms with E-state index in [-0.39, 0.29) is 12.3 Å². The number of benzene rings is 1. The first kappa shape index (κ1) is 14.3. The van der Waals surface area contributed by atoms with Gasteiger partial charge in [-0.15, -0.1) is 0 Å². The van der Waals surface area contributed by atoms with Crippen LogP contribution in [0.3, 0.4) is 0 Å². The maximum Gasteiger partial charge on any atom is 0.227 e. The summed E-state index contributed by atoms with van der Waals surface area (Å²) in [6.07, 6.45) is 5.73. The fraction of sp³-hybridized carbons (Fsp3) is 0.533. The molecule has 0 aromatic heterocycles. The number of halogens is 2. The van der Waals surface area contributed by atoms with Crippen molar-refractivity contribution in [1.29, 1.82) is 0 Å². The lowest BCUT2D eigenvalue weighted by atomic mass is 10.1. The Morgan fingerprint density at radius 3 is 2.42 bits per heavy atom. The van der Waals surface area contributed by atoms with Crippen LogP contribution in [0.25, 0.3) is 0 Å². The molecule has 1 aliphatic rings. The molecule has 0 unspecified atom stereocenters. The monoisotopic (exact) mass is 283 g/mol. The van der Waals surface area contributed by atoms with Crippen molar-refractivity contribution in [3.05, 3.63) is 34.6 Å². The molecule has 1 aliphatic heterocycles. The molecule has 19 heavy (non-hydrogen) atoms. The van der Waals surface area contributed by atoms with E-state index < -0.39 is 5.82 Å². The molecule has 0 radical (unpaired) electrons. The number of nitrogens with zero attached hydrogens (tertiary/aromatic N) is 1. The van der Waals surface area contributed by atoms with Crippen LogP contribution in [0.15, 0.2) is 18.2 Å². The summed E-state index contributed by atoms with van der Waals surface area (Å²) in [4.78, 5) is 14.1. The van der Waals surface area contributed by atoms with E-state index in [2.05, 4.69) is 0 Å². The second-order valence-corrected chi connectivity index (χ2v) is 5.43. The summed E-state index contributed by atoms with van der Waals surface area (Å²) in [6, 6.07) is 4.53. The van der Waals surface area contributed by atoms with Gasteiger partial charge in [0, 0.05) is 23.7 Å². The third-order valence-electron chi connectivity index (χ3n) is 3.60. The first-order valence-electron chi connectivity index (χ1n) is 6.89. The molecule has 4 heteroatoms. The van der Waals surface area contributed by atoms with Crippen LogP contribution in [0.5, 0.6) is 0 Å². The molecule has 1 aromatic rings. The minimum absolute atomic E-state index is 0.0195. The zero-order valence-electron chi connectivity index (χ0n) is 11.0. The second kappa shape index (κ2) is 6.90. The predicted octanol–water partition coefficient (Wildman–Crippen LogP) is 3.81. The molecular weight excluding hydrogens is 265 g/mol. The summed E-state index contributed by atoms with van der Waals surface area (Å²) in [6.45, 7) is 1.57. The van der Waals surface area contributed by atoms with Crippen molar-refractivity contribution in [3.8, 4) is 0 Å². The average molecular weight is 284 g/mol. The molecule has 2 nitrogen and oxygen atoms in total. The Balaban J connectivity index is 2.03. The van der Waals surface area contributed by atoms with Crippen LogP contribution in [-0.4, -0.2) is 23.9 Å². The standard InChI is InChI=1S/C15H19ClFNO/c16-13-7-6-8-14(17)12(13)11-15(19)18-9-4-2-1-3-5-10-18/h6-8H,1-5,9-11H2. The normalized spacial score (nSPS) is 16.8. The van der Waals surface area contributed by atoms with E-state index in [0.717, 1.165) is 25.9 Å². The fourth-order valence-electron chi connectivity index (χ4n) is 2.46. The maximum atomic E-state index is 13.7. The quantitative estimate of drug-likeness (QED) is 0.808. The van der Waals surface area contributed by atoms with E-state index in [4.69, 9.17) is 11.6 Å². The Labute approximate surface area is 118 Å². The SMILES string of the molecule is O=C(Cc1c(F)cccc1Cl)N1CCCCCCC1. The van der Waals surface area contributed by atoms with Gasteiger partial charge < -0.3 is 4.90 Å².